The van der Waals surface area contributed by atoms with E-state index in [1.54, 1.807) is 12.1 Å². The third-order valence-electron chi connectivity index (χ3n) is 4.45. The van der Waals surface area contributed by atoms with Crippen LogP contribution in [0.5, 0.6) is 0 Å². The van der Waals surface area contributed by atoms with Gasteiger partial charge in [-0.2, -0.15) is 0 Å². The molecule has 1 N–H and O–H groups in total. The Labute approximate surface area is 121 Å². The van der Waals surface area contributed by atoms with Crippen LogP contribution in [0.15, 0.2) is 24.3 Å². The Morgan fingerprint density at radius 3 is 2.65 bits per heavy atom. The summed E-state index contributed by atoms with van der Waals surface area (Å²) in [5, 5.41) is 3.74. The molecule has 2 aliphatic rings. The summed E-state index contributed by atoms with van der Waals surface area (Å²) in [6, 6.07) is 7.55. The second-order valence-electron chi connectivity index (χ2n) is 6.71. The van der Waals surface area contributed by atoms with Crippen molar-refractivity contribution in [3.63, 3.8) is 0 Å². The van der Waals surface area contributed by atoms with Gasteiger partial charge in [0.25, 0.3) is 0 Å². The monoisotopic (exact) mass is 276 g/mol. The molecule has 0 bridgehead atoms. The van der Waals surface area contributed by atoms with Crippen LogP contribution in [-0.2, 0) is 6.54 Å². The van der Waals surface area contributed by atoms with Gasteiger partial charge in [0.15, 0.2) is 0 Å². The highest BCUT2D eigenvalue weighted by molar-refractivity contribution is 5.16. The Balaban J connectivity index is 1.53. The Bertz CT molecular complexity index is 427. The topological polar surface area (TPSA) is 15.3 Å². The van der Waals surface area contributed by atoms with Crippen molar-refractivity contribution in [2.75, 3.05) is 19.6 Å². The van der Waals surface area contributed by atoms with Gasteiger partial charge in [-0.1, -0.05) is 19.1 Å². The number of nitrogens with zero attached hydrogens (tertiary/aromatic N) is 1. The first-order valence-corrected chi connectivity index (χ1v) is 7.89. The third-order valence-corrected chi connectivity index (χ3v) is 4.45. The van der Waals surface area contributed by atoms with Crippen molar-refractivity contribution in [2.45, 2.75) is 38.8 Å². The number of likely N-dealkylation sites (tertiary alicyclic amines) is 1. The fourth-order valence-electron chi connectivity index (χ4n) is 3.24. The van der Waals surface area contributed by atoms with Gasteiger partial charge < -0.3 is 5.32 Å². The van der Waals surface area contributed by atoms with E-state index in [9.17, 15) is 4.39 Å². The van der Waals surface area contributed by atoms with E-state index in [2.05, 4.69) is 17.1 Å². The van der Waals surface area contributed by atoms with Crippen LogP contribution in [-0.4, -0.2) is 30.6 Å². The van der Waals surface area contributed by atoms with Crippen molar-refractivity contribution in [1.29, 1.82) is 0 Å². The van der Waals surface area contributed by atoms with E-state index in [0.717, 1.165) is 31.5 Å². The third kappa shape index (κ3) is 4.03. The lowest BCUT2D eigenvalue weighted by atomic mass is 9.95. The average molecular weight is 276 g/mol. The molecule has 1 aliphatic carbocycles. The minimum atomic E-state index is -0.148. The molecule has 3 heteroatoms. The minimum absolute atomic E-state index is 0.148. The lowest BCUT2D eigenvalue weighted by Gasteiger charge is -2.37. The lowest BCUT2D eigenvalue weighted by Crippen LogP contribution is -2.48. The molecule has 1 aromatic rings. The maximum atomic E-state index is 12.9. The molecule has 1 saturated heterocycles. The van der Waals surface area contributed by atoms with Crippen molar-refractivity contribution in [2.24, 2.45) is 11.8 Å². The van der Waals surface area contributed by atoms with Gasteiger partial charge in [-0.3, -0.25) is 4.90 Å². The largest absolute Gasteiger partial charge is 0.312 e. The molecule has 1 aliphatic heterocycles. The first-order valence-electron chi connectivity index (χ1n) is 7.89. The molecule has 0 aromatic heterocycles. The standard InChI is InChI=1S/C17H25FN2/c1-13-8-17(19-9-14-2-3-14)12-20(10-13)11-15-4-6-16(18)7-5-15/h4-7,13-14,17,19H,2-3,8-12H2,1H3. The van der Waals surface area contributed by atoms with Crippen LogP contribution in [0.4, 0.5) is 4.39 Å². The Morgan fingerprint density at radius 2 is 1.95 bits per heavy atom. The van der Waals surface area contributed by atoms with Crippen molar-refractivity contribution >= 4 is 0 Å². The van der Waals surface area contributed by atoms with Gasteiger partial charge in [-0.25, -0.2) is 4.39 Å². The molecule has 0 spiro atoms. The Hall–Kier alpha value is -0.930. The summed E-state index contributed by atoms with van der Waals surface area (Å²) in [7, 11) is 0. The molecular weight excluding hydrogens is 251 g/mol. The zero-order valence-corrected chi connectivity index (χ0v) is 12.3. The van der Waals surface area contributed by atoms with Crippen LogP contribution in [0.1, 0.15) is 31.7 Å². The first-order chi connectivity index (χ1) is 9.69. The van der Waals surface area contributed by atoms with Gasteiger partial charge in [0.1, 0.15) is 5.82 Å². The number of nitrogens with one attached hydrogen (secondary N) is 1. The summed E-state index contributed by atoms with van der Waals surface area (Å²) in [6.45, 7) is 6.74. The molecular formula is C17H25FN2. The van der Waals surface area contributed by atoms with Crippen molar-refractivity contribution in [3.05, 3.63) is 35.6 Å². The number of benzene rings is 1. The second-order valence-corrected chi connectivity index (χ2v) is 6.71. The second kappa shape index (κ2) is 6.23. The molecule has 0 radical (unpaired) electrons. The van der Waals surface area contributed by atoms with Crippen LogP contribution < -0.4 is 5.32 Å². The summed E-state index contributed by atoms with van der Waals surface area (Å²) < 4.78 is 12.9. The molecule has 3 rings (SSSR count). The van der Waals surface area contributed by atoms with Gasteiger partial charge in [0.2, 0.25) is 0 Å². The van der Waals surface area contributed by atoms with E-state index in [0.29, 0.717) is 6.04 Å². The fraction of sp³-hybridized carbons (Fsp3) is 0.647. The Kier molecular flexibility index (Phi) is 4.37. The summed E-state index contributed by atoms with van der Waals surface area (Å²) in [5.41, 5.74) is 1.21. The normalized spacial score (nSPS) is 27.7. The maximum Gasteiger partial charge on any atom is 0.123 e. The van der Waals surface area contributed by atoms with Crippen LogP contribution in [0.3, 0.4) is 0 Å². The number of hydrogen-bond acceptors (Lipinski definition) is 2. The van der Waals surface area contributed by atoms with E-state index in [1.807, 2.05) is 12.1 Å². The van der Waals surface area contributed by atoms with Crippen LogP contribution in [0, 0.1) is 17.7 Å². The molecule has 1 aromatic carbocycles. The summed E-state index contributed by atoms with van der Waals surface area (Å²) in [6.07, 6.45) is 4.11. The van der Waals surface area contributed by atoms with Gasteiger partial charge >= 0.3 is 0 Å². The molecule has 2 nitrogen and oxygen atoms in total. The van der Waals surface area contributed by atoms with E-state index < -0.39 is 0 Å². The molecule has 0 amide bonds. The Morgan fingerprint density at radius 1 is 1.20 bits per heavy atom. The molecule has 2 atom stereocenters. The highest BCUT2D eigenvalue weighted by Crippen LogP contribution is 2.28. The SMILES string of the molecule is CC1CC(NCC2CC2)CN(Cc2ccc(F)cc2)C1. The number of hydrogen-bond donors (Lipinski definition) is 1. The molecule has 1 heterocycles. The quantitative estimate of drug-likeness (QED) is 0.889. The van der Waals surface area contributed by atoms with Crippen LogP contribution in [0.25, 0.3) is 0 Å². The molecule has 110 valence electrons. The lowest BCUT2D eigenvalue weighted by molar-refractivity contribution is 0.142. The first kappa shape index (κ1) is 14.0. The van der Waals surface area contributed by atoms with Gasteiger partial charge in [0, 0.05) is 25.7 Å². The van der Waals surface area contributed by atoms with E-state index in [1.165, 1.54) is 31.4 Å². The van der Waals surface area contributed by atoms with E-state index in [4.69, 9.17) is 0 Å². The molecule has 2 fully saturated rings. The van der Waals surface area contributed by atoms with Gasteiger partial charge in [0.05, 0.1) is 0 Å². The van der Waals surface area contributed by atoms with E-state index >= 15 is 0 Å². The minimum Gasteiger partial charge on any atom is -0.312 e. The highest BCUT2D eigenvalue weighted by atomic mass is 19.1. The summed E-state index contributed by atoms with van der Waals surface area (Å²) in [5.74, 6) is 1.53. The zero-order valence-electron chi connectivity index (χ0n) is 12.3. The van der Waals surface area contributed by atoms with Crippen LogP contribution >= 0.6 is 0 Å². The summed E-state index contributed by atoms with van der Waals surface area (Å²) >= 11 is 0. The number of piperidine rings is 1. The fourth-order valence-corrected chi connectivity index (χ4v) is 3.24. The highest BCUT2D eigenvalue weighted by Gasteiger charge is 2.27. The predicted molar refractivity (Wildman–Crippen MR) is 80.0 cm³/mol. The predicted octanol–water partition coefficient (Wildman–Crippen LogP) is 3.04. The molecule has 2 unspecified atom stereocenters. The van der Waals surface area contributed by atoms with Crippen molar-refractivity contribution in [1.82, 2.24) is 10.2 Å². The zero-order chi connectivity index (χ0) is 13.9. The molecule has 20 heavy (non-hydrogen) atoms. The van der Waals surface area contributed by atoms with Gasteiger partial charge in [-0.15, -0.1) is 0 Å². The molecule has 1 saturated carbocycles. The maximum absolute atomic E-state index is 12.9. The number of halogens is 1. The smallest absolute Gasteiger partial charge is 0.123 e. The average Bonchev–Trinajstić information content (AvgIpc) is 3.23. The van der Waals surface area contributed by atoms with Gasteiger partial charge in [-0.05, 0) is 55.3 Å². The van der Waals surface area contributed by atoms with E-state index in [-0.39, 0.29) is 5.82 Å². The summed E-state index contributed by atoms with van der Waals surface area (Å²) in [4.78, 5) is 2.51. The number of rotatable bonds is 5. The van der Waals surface area contributed by atoms with Crippen molar-refractivity contribution < 1.29 is 4.39 Å². The van der Waals surface area contributed by atoms with Crippen LogP contribution in [0.2, 0.25) is 0 Å². The van der Waals surface area contributed by atoms with Crippen molar-refractivity contribution in [3.8, 4) is 0 Å².